The predicted molar refractivity (Wildman–Crippen MR) is 30.0 cm³/mol. The predicted octanol–water partition coefficient (Wildman–Crippen LogP) is -2.68. The van der Waals surface area contributed by atoms with Crippen molar-refractivity contribution in [3.8, 4) is 5.40 Å². The van der Waals surface area contributed by atoms with E-state index in [9.17, 15) is 0 Å². The van der Waals surface area contributed by atoms with Crippen LogP contribution in [0.25, 0.3) is 0 Å². The van der Waals surface area contributed by atoms with Gasteiger partial charge in [-0.1, -0.05) is 12.6 Å². The Balaban J connectivity index is -0.0000000233. The summed E-state index contributed by atoms with van der Waals surface area (Å²) in [6, 6.07) is 0. The van der Waals surface area contributed by atoms with Crippen LogP contribution in [0.2, 0.25) is 0 Å². The van der Waals surface area contributed by atoms with E-state index in [1.54, 1.807) is 0 Å². The third kappa shape index (κ3) is 1470. The quantitative estimate of drug-likeness (QED) is 0.126. The van der Waals surface area contributed by atoms with Gasteiger partial charge in [-0.3, -0.25) is 0 Å². The summed E-state index contributed by atoms with van der Waals surface area (Å²) in [4.78, 5) is 8.25. The summed E-state index contributed by atoms with van der Waals surface area (Å²) in [5.41, 5.74) is 0. The fourth-order valence-electron chi connectivity index (χ4n) is 0. The van der Waals surface area contributed by atoms with E-state index in [1.165, 1.54) is 5.40 Å². The van der Waals surface area contributed by atoms with Gasteiger partial charge in [-0.15, -0.1) is 0 Å². The Hall–Kier alpha value is -0.403. The molecule has 0 unspecified atom stereocenters. The Morgan fingerprint density at radius 2 is 1.56 bits per heavy atom. The van der Waals surface area contributed by atoms with Crippen molar-refractivity contribution in [1.29, 1.82) is 5.26 Å². The van der Waals surface area contributed by atoms with Crippen LogP contribution in [0.15, 0.2) is 0 Å². The van der Waals surface area contributed by atoms with E-state index in [-0.39, 0.29) is 25.0 Å². The second kappa shape index (κ2) is 25.6. The standard InChI is InChI=1S/CHNS.Li.NO3.H3N/c2-1-3;;2-1(3)4;/h3H;;;1H3/q;+1;-1;. The molecule has 3 N–H and O–H groups in total. The molecule has 0 aromatic heterocycles. The Bertz CT molecular complexity index is 87.5. The number of thiol groups is 1. The average molecular weight is 145 g/mol. The monoisotopic (exact) mass is 145 g/mol. The maximum atomic E-state index is 8.25. The van der Waals surface area contributed by atoms with Crippen molar-refractivity contribution < 1.29 is 23.9 Å². The minimum absolute atomic E-state index is 0. The molecule has 0 saturated carbocycles. The summed E-state index contributed by atoms with van der Waals surface area (Å²) in [6.45, 7) is 0. The first-order valence-corrected chi connectivity index (χ1v) is 1.44. The topological polar surface area (TPSA) is 125 Å². The molecule has 0 spiro atoms. The molecule has 0 amide bonds. The van der Waals surface area contributed by atoms with Crippen LogP contribution in [-0.2, 0) is 0 Å². The summed E-state index contributed by atoms with van der Waals surface area (Å²) >= 11 is 3.09. The van der Waals surface area contributed by atoms with Crippen LogP contribution in [0.3, 0.4) is 0 Å². The minimum atomic E-state index is -1.75. The summed E-state index contributed by atoms with van der Waals surface area (Å²) in [5, 5.41) is 23.4. The molecule has 0 radical (unpaired) electrons. The molecule has 0 atom stereocenters. The molecule has 0 heterocycles. The van der Waals surface area contributed by atoms with Crippen molar-refractivity contribution in [2.75, 3.05) is 0 Å². The molecule has 0 aliphatic heterocycles. The van der Waals surface area contributed by atoms with E-state index in [4.69, 9.17) is 20.6 Å². The van der Waals surface area contributed by atoms with Crippen LogP contribution in [0, 0.1) is 26.0 Å². The molecule has 0 saturated heterocycles. The molecule has 6 nitrogen and oxygen atoms in total. The van der Waals surface area contributed by atoms with Crippen molar-refractivity contribution in [1.82, 2.24) is 6.15 Å². The van der Waals surface area contributed by atoms with E-state index in [0.717, 1.165) is 0 Å². The molecular weight excluding hydrogens is 141 g/mol. The molecular formula is CH4LiN3O3S. The summed E-state index contributed by atoms with van der Waals surface area (Å²) < 4.78 is 0. The van der Waals surface area contributed by atoms with Crippen LogP contribution in [-0.4, -0.2) is 5.09 Å². The molecule has 0 aromatic rings. The average Bonchev–Trinajstić information content (AvgIpc) is 1.33. The number of rotatable bonds is 0. The van der Waals surface area contributed by atoms with Gasteiger partial charge in [0.1, 0.15) is 5.40 Å². The van der Waals surface area contributed by atoms with Crippen molar-refractivity contribution in [3.63, 3.8) is 0 Å². The van der Waals surface area contributed by atoms with E-state index in [1.807, 2.05) is 0 Å². The van der Waals surface area contributed by atoms with Gasteiger partial charge in [-0.2, -0.15) is 5.26 Å². The third-order valence-corrected chi connectivity index (χ3v) is 0. The largest absolute Gasteiger partial charge is 1.00 e. The van der Waals surface area contributed by atoms with E-state index < -0.39 is 5.09 Å². The first kappa shape index (κ1) is 23.5. The number of nitriles is 1. The second-order valence-corrected chi connectivity index (χ2v) is 0.524. The first-order valence-electron chi connectivity index (χ1n) is 0.995. The second-order valence-electron chi connectivity index (χ2n) is 0.324. The molecule has 48 valence electrons. The smallest absolute Gasteiger partial charge is 0.356 e. The van der Waals surface area contributed by atoms with Crippen molar-refractivity contribution in [2.45, 2.75) is 0 Å². The Morgan fingerprint density at radius 1 is 1.56 bits per heavy atom. The molecule has 0 bridgehead atoms. The normalized spacial score (nSPS) is 3.56. The molecule has 0 aromatic carbocycles. The van der Waals surface area contributed by atoms with Crippen LogP contribution in [0.4, 0.5) is 0 Å². The zero-order valence-corrected chi connectivity index (χ0v) is 5.67. The number of thiocyanates is 1. The molecule has 9 heavy (non-hydrogen) atoms. The van der Waals surface area contributed by atoms with Gasteiger partial charge in [0.25, 0.3) is 0 Å². The molecule has 0 fully saturated rings. The number of hydrogen-bond acceptors (Lipinski definition) is 6. The Labute approximate surface area is 69.1 Å². The van der Waals surface area contributed by atoms with Gasteiger partial charge < -0.3 is 21.5 Å². The van der Waals surface area contributed by atoms with Gasteiger partial charge in [0.2, 0.25) is 0 Å². The maximum Gasteiger partial charge on any atom is 1.00 e. The van der Waals surface area contributed by atoms with E-state index in [2.05, 4.69) is 12.6 Å². The summed E-state index contributed by atoms with van der Waals surface area (Å²) in [7, 11) is 0. The van der Waals surface area contributed by atoms with E-state index >= 15 is 0 Å². The number of nitrogens with zero attached hydrogens (tertiary/aromatic N) is 2. The fourth-order valence-corrected chi connectivity index (χ4v) is 0. The van der Waals surface area contributed by atoms with Gasteiger partial charge >= 0.3 is 18.9 Å². The fraction of sp³-hybridized carbons (Fsp3) is 0. The Morgan fingerprint density at radius 3 is 1.56 bits per heavy atom. The number of hydrogen-bond donors (Lipinski definition) is 2. The zero-order chi connectivity index (χ0) is 6.28. The van der Waals surface area contributed by atoms with Gasteiger partial charge in [-0.25, -0.2) is 0 Å². The molecule has 8 heteroatoms. The molecule has 0 aliphatic rings. The van der Waals surface area contributed by atoms with Gasteiger partial charge in [0.05, 0.1) is 5.09 Å². The van der Waals surface area contributed by atoms with Gasteiger partial charge in [0, 0.05) is 0 Å². The minimum Gasteiger partial charge on any atom is -0.356 e. The van der Waals surface area contributed by atoms with Crippen LogP contribution in [0.1, 0.15) is 0 Å². The SMILES string of the molecule is N.N#CS.O=[N+]([O-])[O-].[Li+]. The van der Waals surface area contributed by atoms with Crippen LogP contribution < -0.4 is 25.0 Å². The summed E-state index contributed by atoms with van der Waals surface area (Å²) in [6.07, 6.45) is 0. The van der Waals surface area contributed by atoms with Gasteiger partial charge in [-0.05, 0) is 0 Å². The summed E-state index contributed by atoms with van der Waals surface area (Å²) in [5.74, 6) is 0. The molecule has 0 aliphatic carbocycles. The van der Waals surface area contributed by atoms with Crippen molar-refractivity contribution in [2.24, 2.45) is 0 Å². The Kier molecular flexibility index (Phi) is 66.7. The van der Waals surface area contributed by atoms with Crippen molar-refractivity contribution >= 4 is 12.6 Å². The van der Waals surface area contributed by atoms with Gasteiger partial charge in [0.15, 0.2) is 0 Å². The van der Waals surface area contributed by atoms with Crippen LogP contribution in [0.5, 0.6) is 0 Å². The third-order valence-electron chi connectivity index (χ3n) is 0. The zero-order valence-electron chi connectivity index (χ0n) is 4.77. The van der Waals surface area contributed by atoms with Crippen LogP contribution >= 0.6 is 12.6 Å². The maximum absolute atomic E-state index is 8.25. The first-order chi connectivity index (χ1) is 3.15. The van der Waals surface area contributed by atoms with Crippen molar-refractivity contribution in [3.05, 3.63) is 15.3 Å². The molecule has 0 rings (SSSR count). The van der Waals surface area contributed by atoms with E-state index in [0.29, 0.717) is 0 Å².